The van der Waals surface area contributed by atoms with E-state index in [4.69, 9.17) is 33.2 Å². The van der Waals surface area contributed by atoms with Gasteiger partial charge >= 0.3 is 5.97 Å². The van der Waals surface area contributed by atoms with Crippen molar-refractivity contribution in [3.8, 4) is 0 Å². The number of ether oxygens (including phenoxy) is 7. The van der Waals surface area contributed by atoms with Gasteiger partial charge in [-0.1, -0.05) is 60.1 Å². The second-order valence-electron chi connectivity index (χ2n) is 23.3. The molecule has 16 heteroatoms. The summed E-state index contributed by atoms with van der Waals surface area (Å²) >= 11 is 0. The molecule has 0 unspecified atom stereocenters. The van der Waals surface area contributed by atoms with Gasteiger partial charge in [0.25, 0.3) is 0 Å². The van der Waals surface area contributed by atoms with Crippen LogP contribution in [0.1, 0.15) is 127 Å². The molecule has 7 fully saturated rings. The monoisotopic (exact) mass is 939 g/mol. The molecule has 3 aliphatic heterocycles. The van der Waals surface area contributed by atoms with Gasteiger partial charge in [0.15, 0.2) is 18.9 Å². The summed E-state index contributed by atoms with van der Waals surface area (Å²) in [7, 11) is 0. The van der Waals surface area contributed by atoms with Gasteiger partial charge in [-0.15, -0.1) is 0 Å². The Labute approximate surface area is 390 Å². The lowest BCUT2D eigenvalue weighted by molar-refractivity contribution is -0.393. The number of hydrogen-bond acceptors (Lipinski definition) is 16. The van der Waals surface area contributed by atoms with Crippen molar-refractivity contribution in [1.29, 1.82) is 0 Å². The number of allylic oxidation sites excluding steroid dienone is 2. The number of carbonyl (C=O) groups is 1. The Morgan fingerprint density at radius 3 is 1.86 bits per heavy atom. The van der Waals surface area contributed by atoms with E-state index in [1.165, 1.54) is 19.4 Å². The molecule has 3 saturated heterocycles. The standard InChI is InChI=1S/C50H82O16/c1-11-60-45(59)50-19-14-23(2)24(3)32(50)27-12-13-30-47(8)17-16-31(46(6,7)29(47)15-18-49(30,10)48(27,9)20-21-50)64-44-41(66-43-38(57)36(55)34(53)26(5)62-43)39(58)40(28(22-51)63-44)65-42-37(56)35(54)33(52)25(4)61-42/h12,23-26,28-44,51-58H,11,13-22H2,1-10H3/t23-,24+,25+,26+,28-,29+,30-,31+,32+,33+,34+,35-,36-,37-,38-,39+,40-,41-,42+,43+,44+,47+,48-,49-,50+/m1/s1. The summed E-state index contributed by atoms with van der Waals surface area (Å²) in [5.74, 6) is 1.57. The summed E-state index contributed by atoms with van der Waals surface area (Å²) in [6.45, 7) is 21.3. The molecule has 3 heterocycles. The van der Waals surface area contributed by atoms with Crippen LogP contribution in [0.15, 0.2) is 11.6 Å². The summed E-state index contributed by atoms with van der Waals surface area (Å²) in [5, 5.41) is 86.8. The topological polar surface area (TPSA) is 244 Å². The first kappa shape index (κ1) is 51.0. The van der Waals surface area contributed by atoms with Gasteiger partial charge in [0, 0.05) is 0 Å². The minimum atomic E-state index is -1.73. The molecule has 5 aliphatic carbocycles. The largest absolute Gasteiger partial charge is 0.466 e. The van der Waals surface area contributed by atoms with E-state index in [-0.39, 0.29) is 34.1 Å². The predicted molar refractivity (Wildman–Crippen MR) is 237 cm³/mol. The van der Waals surface area contributed by atoms with Crippen LogP contribution in [0.25, 0.3) is 0 Å². The van der Waals surface area contributed by atoms with Crippen LogP contribution in [-0.2, 0) is 38.0 Å². The summed E-state index contributed by atoms with van der Waals surface area (Å²) in [6.07, 6.45) is -11.6. The van der Waals surface area contributed by atoms with Crippen molar-refractivity contribution in [3.63, 3.8) is 0 Å². The van der Waals surface area contributed by atoms with Gasteiger partial charge < -0.3 is 74.0 Å². The molecule has 0 aromatic rings. The fraction of sp³-hybridized carbons (Fsp3) is 0.940. The van der Waals surface area contributed by atoms with Crippen molar-refractivity contribution in [2.45, 2.75) is 225 Å². The maximum Gasteiger partial charge on any atom is 0.312 e. The van der Waals surface area contributed by atoms with E-state index in [2.05, 4.69) is 54.5 Å². The molecule has 0 aromatic heterocycles. The fourth-order valence-corrected chi connectivity index (χ4v) is 15.5. The second-order valence-corrected chi connectivity index (χ2v) is 23.3. The third-order valence-corrected chi connectivity index (χ3v) is 19.9. The van der Waals surface area contributed by atoms with Gasteiger partial charge in [-0.2, -0.15) is 0 Å². The van der Waals surface area contributed by atoms with Gasteiger partial charge in [0.2, 0.25) is 0 Å². The number of rotatable bonds is 9. The Balaban J connectivity index is 1.07. The lowest BCUT2D eigenvalue weighted by Crippen LogP contribution is -2.68. The molecule has 378 valence electrons. The molecule has 16 nitrogen and oxygen atoms in total. The highest BCUT2D eigenvalue weighted by molar-refractivity contribution is 5.79. The summed E-state index contributed by atoms with van der Waals surface area (Å²) in [6, 6.07) is 0. The van der Waals surface area contributed by atoms with Gasteiger partial charge in [-0.05, 0) is 130 Å². The van der Waals surface area contributed by atoms with Crippen LogP contribution in [0.4, 0.5) is 0 Å². The molecule has 8 aliphatic rings. The molecule has 0 spiro atoms. The Kier molecular flexibility index (Phi) is 14.2. The zero-order valence-electron chi connectivity index (χ0n) is 40.8. The van der Waals surface area contributed by atoms with Crippen LogP contribution in [0.5, 0.6) is 0 Å². The van der Waals surface area contributed by atoms with Crippen LogP contribution in [-0.4, -0.2) is 158 Å². The van der Waals surface area contributed by atoms with Crippen LogP contribution in [0.3, 0.4) is 0 Å². The van der Waals surface area contributed by atoms with Gasteiger partial charge in [0.05, 0.1) is 36.9 Å². The van der Waals surface area contributed by atoms with Crippen molar-refractivity contribution in [3.05, 3.63) is 11.6 Å². The summed E-state index contributed by atoms with van der Waals surface area (Å²) in [5.41, 5.74) is 0.355. The normalized spacial score (nSPS) is 54.8. The number of hydrogen-bond donors (Lipinski definition) is 8. The molecule has 8 rings (SSSR count). The Hall–Kier alpha value is -1.35. The lowest BCUT2D eigenvalue weighted by atomic mass is 9.33. The molecule has 66 heavy (non-hydrogen) atoms. The summed E-state index contributed by atoms with van der Waals surface area (Å²) in [4.78, 5) is 14.0. The Morgan fingerprint density at radius 2 is 1.27 bits per heavy atom. The fourth-order valence-electron chi connectivity index (χ4n) is 15.5. The predicted octanol–water partition coefficient (Wildman–Crippen LogP) is 3.10. The third-order valence-electron chi connectivity index (χ3n) is 19.9. The number of aliphatic hydroxyl groups is 8. The number of carbonyl (C=O) groups excluding carboxylic acids is 1. The molecule has 25 atom stereocenters. The highest BCUT2D eigenvalue weighted by Gasteiger charge is 2.70. The Bertz CT molecular complexity index is 1780. The van der Waals surface area contributed by atoms with E-state index in [0.29, 0.717) is 30.8 Å². The zero-order chi connectivity index (χ0) is 48.2. The van der Waals surface area contributed by atoms with Crippen LogP contribution in [0.2, 0.25) is 0 Å². The first-order valence-corrected chi connectivity index (χ1v) is 25.1. The first-order chi connectivity index (χ1) is 30.9. The van der Waals surface area contributed by atoms with E-state index >= 15 is 0 Å². The third kappa shape index (κ3) is 7.81. The van der Waals surface area contributed by atoms with Crippen molar-refractivity contribution in [1.82, 2.24) is 0 Å². The SMILES string of the molecule is CCOC(=O)[C@]12CC[C@@H](C)[C@H](C)[C@H]1C1=CC[C@@H]3[C@@]4(C)CC[C@H](O[C@@H]5O[C@H](CO)[C@@H](O[C@@H]6O[C@@H](C)[C@H](O)[C@@H](O)[C@H]6O)[C@H](O)[C@H]5O[C@@H]5O[C@@H](C)[C@H](O)[C@@H](O)[C@H]5O)C(C)(C)[C@@H]4CC[C@@]3(C)[C@]1(C)CC2. The highest BCUT2D eigenvalue weighted by atomic mass is 16.8. The number of fused-ring (bicyclic) bond motifs is 7. The van der Waals surface area contributed by atoms with E-state index in [1.807, 2.05) is 6.92 Å². The van der Waals surface area contributed by atoms with Gasteiger partial charge in [-0.25, -0.2) is 0 Å². The molecular weight excluding hydrogens is 857 g/mol. The van der Waals surface area contributed by atoms with E-state index in [9.17, 15) is 45.6 Å². The van der Waals surface area contributed by atoms with Gasteiger partial charge in [0.1, 0.15) is 61.0 Å². The number of esters is 1. The lowest BCUT2D eigenvalue weighted by Gasteiger charge is -2.71. The van der Waals surface area contributed by atoms with Crippen molar-refractivity contribution in [2.75, 3.05) is 13.2 Å². The maximum atomic E-state index is 14.0. The van der Waals surface area contributed by atoms with E-state index in [0.717, 1.165) is 51.4 Å². The van der Waals surface area contributed by atoms with Crippen molar-refractivity contribution in [2.24, 2.45) is 56.7 Å². The molecule has 0 amide bonds. The van der Waals surface area contributed by atoms with E-state index in [1.54, 1.807) is 0 Å². The molecular formula is C50H82O16. The maximum absolute atomic E-state index is 14.0. The van der Waals surface area contributed by atoms with Crippen molar-refractivity contribution >= 4 is 5.97 Å². The molecule has 4 saturated carbocycles. The average molecular weight is 939 g/mol. The minimum Gasteiger partial charge on any atom is -0.466 e. The molecule has 0 radical (unpaired) electrons. The summed E-state index contributed by atoms with van der Waals surface area (Å²) < 4.78 is 43.2. The number of aliphatic hydroxyl groups excluding tert-OH is 8. The zero-order valence-corrected chi connectivity index (χ0v) is 40.8. The second kappa shape index (κ2) is 18.4. The van der Waals surface area contributed by atoms with Crippen LogP contribution in [0, 0.1) is 56.7 Å². The first-order valence-electron chi connectivity index (χ1n) is 25.1. The molecule has 8 N–H and O–H groups in total. The van der Waals surface area contributed by atoms with Crippen LogP contribution < -0.4 is 0 Å². The minimum absolute atomic E-state index is 0.0178. The van der Waals surface area contributed by atoms with E-state index < -0.39 is 116 Å². The van der Waals surface area contributed by atoms with Crippen molar-refractivity contribution < 1.29 is 78.8 Å². The molecule has 0 bridgehead atoms. The Morgan fingerprint density at radius 1 is 0.667 bits per heavy atom. The average Bonchev–Trinajstić information content (AvgIpc) is 3.27. The molecule has 0 aromatic carbocycles. The van der Waals surface area contributed by atoms with Crippen LogP contribution >= 0.6 is 0 Å². The van der Waals surface area contributed by atoms with Gasteiger partial charge in [-0.3, -0.25) is 4.79 Å². The smallest absolute Gasteiger partial charge is 0.312 e. The quantitative estimate of drug-likeness (QED) is 0.0941. The highest BCUT2D eigenvalue weighted by Crippen LogP contribution is 2.76.